The third-order valence-electron chi connectivity index (χ3n) is 4.06. The number of nitrogens with zero attached hydrogens (tertiary/aromatic N) is 2. The fourth-order valence-electron chi connectivity index (χ4n) is 2.70. The Morgan fingerprint density at radius 1 is 1.19 bits per heavy atom. The Balaban J connectivity index is 2.24. The molecule has 0 saturated carbocycles. The van der Waals surface area contributed by atoms with Gasteiger partial charge < -0.3 is 4.74 Å². The summed E-state index contributed by atoms with van der Waals surface area (Å²) in [5, 5.41) is 9.11. The second-order valence-corrected chi connectivity index (χ2v) is 7.59. The van der Waals surface area contributed by atoms with Gasteiger partial charge in [-0.2, -0.15) is 5.26 Å². The van der Waals surface area contributed by atoms with Crippen molar-refractivity contribution in [1.82, 2.24) is 0 Å². The third kappa shape index (κ3) is 6.71. The molecule has 0 aliphatic carbocycles. The van der Waals surface area contributed by atoms with E-state index in [1.807, 2.05) is 76.2 Å². The van der Waals surface area contributed by atoms with Gasteiger partial charge in [0.2, 0.25) is 0 Å². The summed E-state index contributed by atoms with van der Waals surface area (Å²) in [5.74, 6) is -0.708. The minimum atomic E-state index is -0.563. The van der Waals surface area contributed by atoms with Crippen LogP contribution in [0.3, 0.4) is 0 Å². The number of ether oxygens (including phenoxy) is 1. The number of aliphatic imine (C=N–C) groups is 1. The lowest BCUT2D eigenvalue weighted by molar-refractivity contribution is -0.160. The Bertz CT molecular complexity index is 829. The van der Waals surface area contributed by atoms with Crippen LogP contribution in [0.5, 0.6) is 0 Å². The number of carbonyl (C=O) groups is 1. The smallest absolute Gasteiger partial charge is 0.311 e. The molecule has 4 heteroatoms. The molecule has 0 radical (unpaired) electrons. The van der Waals surface area contributed by atoms with Crippen LogP contribution in [-0.2, 0) is 16.0 Å². The molecule has 2 rings (SSSR count). The van der Waals surface area contributed by atoms with E-state index in [4.69, 9.17) is 10.00 Å². The van der Waals surface area contributed by atoms with Crippen molar-refractivity contribution in [3.05, 3.63) is 71.3 Å². The molecule has 0 aromatic heterocycles. The molecule has 0 N–H and O–H groups in total. The topological polar surface area (TPSA) is 62.5 Å². The Morgan fingerprint density at radius 2 is 1.89 bits per heavy atom. The lowest BCUT2D eigenvalue weighted by atomic mass is 9.92. The highest BCUT2D eigenvalue weighted by molar-refractivity contribution is 5.80. The maximum Gasteiger partial charge on any atom is 0.311 e. The number of hydrogen-bond acceptors (Lipinski definition) is 4. The van der Waals surface area contributed by atoms with Gasteiger partial charge in [0.1, 0.15) is 5.60 Å². The van der Waals surface area contributed by atoms with Crippen molar-refractivity contribution in [1.29, 1.82) is 5.26 Å². The maximum atomic E-state index is 12.8. The van der Waals surface area contributed by atoms with Crippen LogP contribution in [0.4, 0.5) is 0 Å². The molecule has 0 unspecified atom stereocenters. The molecule has 0 amide bonds. The van der Waals surface area contributed by atoms with Crippen molar-refractivity contribution in [2.45, 2.75) is 45.8 Å². The zero-order valence-electron chi connectivity index (χ0n) is 16.3. The van der Waals surface area contributed by atoms with Crippen molar-refractivity contribution in [3.63, 3.8) is 0 Å². The summed E-state index contributed by atoms with van der Waals surface area (Å²) in [4.78, 5) is 17.4. The van der Waals surface area contributed by atoms with Gasteiger partial charge in [0.05, 0.1) is 23.6 Å². The van der Waals surface area contributed by atoms with Gasteiger partial charge in [0, 0.05) is 6.21 Å². The fraction of sp³-hybridized carbons (Fsp3) is 0.348. The van der Waals surface area contributed by atoms with E-state index in [0.29, 0.717) is 12.0 Å². The predicted molar refractivity (Wildman–Crippen MR) is 108 cm³/mol. The number of hydrogen-bond donors (Lipinski definition) is 0. The number of rotatable bonds is 6. The monoisotopic (exact) mass is 362 g/mol. The molecule has 27 heavy (non-hydrogen) atoms. The van der Waals surface area contributed by atoms with E-state index >= 15 is 0 Å². The van der Waals surface area contributed by atoms with E-state index in [-0.39, 0.29) is 12.0 Å². The third-order valence-corrected chi connectivity index (χ3v) is 4.06. The van der Waals surface area contributed by atoms with Gasteiger partial charge in [-0.1, -0.05) is 42.5 Å². The summed E-state index contributed by atoms with van der Waals surface area (Å²) in [6.07, 6.45) is 2.26. The molecule has 140 valence electrons. The number of esters is 1. The van der Waals surface area contributed by atoms with Crippen LogP contribution in [0.2, 0.25) is 0 Å². The van der Waals surface area contributed by atoms with Crippen molar-refractivity contribution in [2.75, 3.05) is 0 Å². The van der Waals surface area contributed by atoms with Gasteiger partial charge in [0.15, 0.2) is 0 Å². The van der Waals surface area contributed by atoms with Crippen molar-refractivity contribution >= 4 is 12.2 Å². The van der Waals surface area contributed by atoms with Gasteiger partial charge in [-0.05, 0) is 57.4 Å². The standard InChI is InChI=1S/C23H26N2O2/c1-17(25-16-18-9-6-5-7-10-18)21(22(26)27-23(2,3)4)14-19-11-8-12-20(13-19)15-24/h5-13,16-17,21H,14H2,1-4H3/t17-,21-/m1/s1. The number of benzene rings is 2. The number of carbonyl (C=O) groups excluding carboxylic acids is 1. The Kier molecular flexibility index (Phi) is 6.90. The molecule has 2 aromatic rings. The molecule has 2 atom stereocenters. The zero-order chi connectivity index (χ0) is 19.9. The van der Waals surface area contributed by atoms with Crippen molar-refractivity contribution in [2.24, 2.45) is 10.9 Å². The molecule has 0 saturated heterocycles. The molecule has 0 aliphatic heterocycles. The first-order valence-corrected chi connectivity index (χ1v) is 9.08. The van der Waals surface area contributed by atoms with E-state index in [9.17, 15) is 4.79 Å². The molecule has 2 aromatic carbocycles. The first kappa shape index (κ1) is 20.4. The lowest BCUT2D eigenvalue weighted by Gasteiger charge is -2.26. The van der Waals surface area contributed by atoms with E-state index in [2.05, 4.69) is 11.1 Å². The molecular formula is C23H26N2O2. The largest absolute Gasteiger partial charge is 0.460 e. The summed E-state index contributed by atoms with van der Waals surface area (Å²) < 4.78 is 5.62. The summed E-state index contributed by atoms with van der Waals surface area (Å²) in [6.45, 7) is 7.49. The Hall–Kier alpha value is -2.93. The molecule has 4 nitrogen and oxygen atoms in total. The quantitative estimate of drug-likeness (QED) is 0.559. The van der Waals surface area contributed by atoms with E-state index in [1.54, 1.807) is 12.3 Å². The summed E-state index contributed by atoms with van der Waals surface area (Å²) in [5.41, 5.74) is 1.92. The van der Waals surface area contributed by atoms with Crippen LogP contribution in [-0.4, -0.2) is 23.8 Å². The SMILES string of the molecule is C[C@@H](N=Cc1ccccc1)[C@@H](Cc1cccc(C#N)c1)C(=O)OC(C)(C)C. The van der Waals surface area contributed by atoms with Crippen molar-refractivity contribution in [3.8, 4) is 6.07 Å². The Morgan fingerprint density at radius 3 is 2.52 bits per heavy atom. The Labute approximate surface area is 161 Å². The summed E-state index contributed by atoms with van der Waals surface area (Å²) >= 11 is 0. The maximum absolute atomic E-state index is 12.8. The summed E-state index contributed by atoms with van der Waals surface area (Å²) in [6, 6.07) is 19.0. The van der Waals surface area contributed by atoms with Gasteiger partial charge in [-0.3, -0.25) is 9.79 Å². The molecule has 0 aliphatic rings. The zero-order valence-corrected chi connectivity index (χ0v) is 16.3. The highest BCUT2D eigenvalue weighted by Crippen LogP contribution is 2.21. The molecule has 0 heterocycles. The van der Waals surface area contributed by atoms with Crippen LogP contribution in [0, 0.1) is 17.2 Å². The van der Waals surface area contributed by atoms with Crippen molar-refractivity contribution < 1.29 is 9.53 Å². The van der Waals surface area contributed by atoms with Gasteiger partial charge in [-0.15, -0.1) is 0 Å². The molecule has 0 fully saturated rings. The van der Waals surface area contributed by atoms with E-state index in [1.165, 1.54) is 0 Å². The minimum absolute atomic E-state index is 0.259. The van der Waals surface area contributed by atoms with Gasteiger partial charge in [0.25, 0.3) is 0 Å². The predicted octanol–water partition coefficient (Wildman–Crippen LogP) is 4.57. The van der Waals surface area contributed by atoms with Gasteiger partial charge >= 0.3 is 5.97 Å². The first-order chi connectivity index (χ1) is 12.8. The minimum Gasteiger partial charge on any atom is -0.460 e. The van der Waals surface area contributed by atoms with E-state index in [0.717, 1.165) is 11.1 Å². The average Bonchev–Trinajstić information content (AvgIpc) is 2.63. The second kappa shape index (κ2) is 9.14. The summed E-state index contributed by atoms with van der Waals surface area (Å²) in [7, 11) is 0. The highest BCUT2D eigenvalue weighted by atomic mass is 16.6. The van der Waals surface area contributed by atoms with Crippen LogP contribution in [0.15, 0.2) is 59.6 Å². The van der Waals surface area contributed by atoms with E-state index < -0.39 is 11.5 Å². The van der Waals surface area contributed by atoms with Crippen LogP contribution < -0.4 is 0 Å². The van der Waals surface area contributed by atoms with Gasteiger partial charge in [-0.25, -0.2) is 0 Å². The lowest BCUT2D eigenvalue weighted by Crippen LogP contribution is -2.34. The fourth-order valence-corrected chi connectivity index (χ4v) is 2.70. The molecule has 0 spiro atoms. The average molecular weight is 362 g/mol. The highest BCUT2D eigenvalue weighted by Gasteiger charge is 2.29. The number of nitriles is 1. The second-order valence-electron chi connectivity index (χ2n) is 7.59. The molecule has 0 bridgehead atoms. The first-order valence-electron chi connectivity index (χ1n) is 9.08. The van der Waals surface area contributed by atoms with Crippen LogP contribution in [0.25, 0.3) is 0 Å². The normalized spacial score (nSPS) is 13.7. The molecular weight excluding hydrogens is 336 g/mol. The van der Waals surface area contributed by atoms with Crippen LogP contribution in [0.1, 0.15) is 44.4 Å². The van der Waals surface area contributed by atoms with Crippen LogP contribution >= 0.6 is 0 Å².